The Bertz CT molecular complexity index is 1130. The summed E-state index contributed by atoms with van der Waals surface area (Å²) in [4.78, 5) is 12.6. The van der Waals surface area contributed by atoms with Crippen molar-refractivity contribution in [2.75, 3.05) is 31.6 Å². The second-order valence-electron chi connectivity index (χ2n) is 7.53. The van der Waals surface area contributed by atoms with E-state index in [4.69, 9.17) is 14.2 Å². The maximum Gasteiger partial charge on any atom is 0.422 e. The third-order valence-electron chi connectivity index (χ3n) is 5.10. The number of sulfonamides is 1. The fraction of sp³-hybridized carbons (Fsp3) is 0.381. The van der Waals surface area contributed by atoms with Crippen molar-refractivity contribution in [3.8, 4) is 17.2 Å². The van der Waals surface area contributed by atoms with Gasteiger partial charge in [0.25, 0.3) is 5.91 Å². The van der Waals surface area contributed by atoms with Crippen molar-refractivity contribution in [3.05, 3.63) is 42.5 Å². The Balaban J connectivity index is 1.59. The summed E-state index contributed by atoms with van der Waals surface area (Å²) in [5.74, 6) is -0.257. The summed E-state index contributed by atoms with van der Waals surface area (Å²) in [6.45, 7) is -1.04. The first-order valence-electron chi connectivity index (χ1n) is 10.2. The lowest BCUT2D eigenvalue weighted by Gasteiger charge is -2.26. The van der Waals surface area contributed by atoms with E-state index in [9.17, 15) is 26.4 Å². The van der Waals surface area contributed by atoms with Gasteiger partial charge >= 0.3 is 6.18 Å². The highest BCUT2D eigenvalue weighted by Gasteiger charge is 2.32. The SMILES string of the molecule is O=C(Nc1cc(S(=O)(=O)N2CCCC2)ccc1OCC(F)(F)F)C1COc2ccccc2O1. The molecule has 0 bridgehead atoms. The lowest BCUT2D eigenvalue weighted by molar-refractivity contribution is -0.153. The molecular formula is C21H21F3N2O6S. The van der Waals surface area contributed by atoms with Crippen molar-refractivity contribution in [3.63, 3.8) is 0 Å². The van der Waals surface area contributed by atoms with Crippen molar-refractivity contribution in [2.45, 2.75) is 30.0 Å². The molecule has 12 heteroatoms. The first kappa shape index (κ1) is 23.2. The van der Waals surface area contributed by atoms with E-state index in [0.29, 0.717) is 24.6 Å². The van der Waals surface area contributed by atoms with E-state index in [-0.39, 0.29) is 22.9 Å². The van der Waals surface area contributed by atoms with Crippen LogP contribution in [0.2, 0.25) is 0 Å². The highest BCUT2D eigenvalue weighted by Crippen LogP contribution is 2.34. The number of carbonyl (C=O) groups excluding carboxylic acids is 1. The minimum atomic E-state index is -4.62. The molecule has 1 fully saturated rings. The van der Waals surface area contributed by atoms with Gasteiger partial charge in [-0.1, -0.05) is 12.1 Å². The Kier molecular flexibility index (Phi) is 6.39. The van der Waals surface area contributed by atoms with Crippen LogP contribution in [0.3, 0.4) is 0 Å². The standard InChI is InChI=1S/C21H21F3N2O6S/c22-21(23,24)13-31-16-8-7-14(33(28,29)26-9-3-4-10-26)11-15(16)25-20(27)19-12-30-17-5-1-2-6-18(17)32-19/h1-2,5-8,11,19H,3-4,9-10,12-13H2,(H,25,27). The van der Waals surface area contributed by atoms with Crippen LogP contribution < -0.4 is 19.5 Å². The number of hydrogen-bond acceptors (Lipinski definition) is 6. The predicted molar refractivity (Wildman–Crippen MR) is 111 cm³/mol. The zero-order chi connectivity index (χ0) is 23.6. The number of alkyl halides is 3. The predicted octanol–water partition coefficient (Wildman–Crippen LogP) is 3.19. The fourth-order valence-corrected chi connectivity index (χ4v) is 5.04. The van der Waals surface area contributed by atoms with Crippen LogP contribution in [0.15, 0.2) is 47.4 Å². The first-order chi connectivity index (χ1) is 15.6. The molecular weight excluding hydrogens is 465 g/mol. The van der Waals surface area contributed by atoms with E-state index < -0.39 is 34.8 Å². The maximum atomic E-state index is 12.9. The Hall–Kier alpha value is -2.99. The molecule has 178 valence electrons. The minimum Gasteiger partial charge on any atom is -0.485 e. The highest BCUT2D eigenvalue weighted by atomic mass is 32.2. The Morgan fingerprint density at radius 2 is 1.82 bits per heavy atom. The zero-order valence-electron chi connectivity index (χ0n) is 17.3. The minimum absolute atomic E-state index is 0.132. The summed E-state index contributed by atoms with van der Waals surface area (Å²) in [7, 11) is -3.87. The molecule has 2 aromatic rings. The van der Waals surface area contributed by atoms with Gasteiger partial charge in [0.1, 0.15) is 12.4 Å². The molecule has 2 aliphatic heterocycles. The number of para-hydroxylation sites is 2. The molecule has 1 saturated heterocycles. The number of nitrogens with one attached hydrogen (secondary N) is 1. The molecule has 0 radical (unpaired) electrons. The number of ether oxygens (including phenoxy) is 3. The van der Waals surface area contributed by atoms with Crippen molar-refractivity contribution in [2.24, 2.45) is 0 Å². The third-order valence-corrected chi connectivity index (χ3v) is 7.00. The highest BCUT2D eigenvalue weighted by molar-refractivity contribution is 7.89. The molecule has 0 aromatic heterocycles. The average molecular weight is 486 g/mol. The smallest absolute Gasteiger partial charge is 0.422 e. The molecule has 4 rings (SSSR count). The Morgan fingerprint density at radius 1 is 1.12 bits per heavy atom. The van der Waals surface area contributed by atoms with Gasteiger partial charge in [-0.3, -0.25) is 4.79 Å². The van der Waals surface area contributed by atoms with E-state index in [0.717, 1.165) is 31.0 Å². The summed E-state index contributed by atoms with van der Waals surface area (Å²) in [6.07, 6.45) is -4.29. The number of hydrogen-bond donors (Lipinski definition) is 1. The van der Waals surface area contributed by atoms with Gasteiger partial charge < -0.3 is 19.5 Å². The number of halogens is 3. The van der Waals surface area contributed by atoms with Gasteiger partial charge in [-0.15, -0.1) is 0 Å². The van der Waals surface area contributed by atoms with E-state index in [2.05, 4.69) is 5.32 Å². The van der Waals surface area contributed by atoms with Crippen LogP contribution in [0.25, 0.3) is 0 Å². The van der Waals surface area contributed by atoms with Gasteiger partial charge in [-0.05, 0) is 43.2 Å². The Labute approximate surface area is 188 Å². The largest absolute Gasteiger partial charge is 0.485 e. The van der Waals surface area contributed by atoms with Crippen LogP contribution in [-0.4, -0.2) is 57.2 Å². The summed E-state index contributed by atoms with van der Waals surface area (Å²) >= 11 is 0. The molecule has 1 atom stereocenters. The lowest BCUT2D eigenvalue weighted by Crippen LogP contribution is -2.40. The van der Waals surface area contributed by atoms with Gasteiger partial charge in [-0.25, -0.2) is 8.42 Å². The second-order valence-corrected chi connectivity index (χ2v) is 9.46. The topological polar surface area (TPSA) is 94.2 Å². The van der Waals surface area contributed by atoms with Crippen molar-refractivity contribution >= 4 is 21.6 Å². The monoisotopic (exact) mass is 486 g/mol. The van der Waals surface area contributed by atoms with Gasteiger partial charge in [0.2, 0.25) is 16.1 Å². The quantitative estimate of drug-likeness (QED) is 0.674. The van der Waals surface area contributed by atoms with Gasteiger partial charge in [-0.2, -0.15) is 17.5 Å². The van der Waals surface area contributed by atoms with Crippen LogP contribution in [0.1, 0.15) is 12.8 Å². The summed E-state index contributed by atoms with van der Waals surface area (Å²) in [5.41, 5.74) is -0.216. The molecule has 1 unspecified atom stereocenters. The average Bonchev–Trinajstić information content (AvgIpc) is 3.33. The number of carbonyl (C=O) groups is 1. The molecule has 0 saturated carbocycles. The molecule has 33 heavy (non-hydrogen) atoms. The summed E-state index contributed by atoms with van der Waals surface area (Å²) in [6, 6.07) is 10.0. The second kappa shape index (κ2) is 9.10. The van der Waals surface area contributed by atoms with Crippen LogP contribution in [0, 0.1) is 0 Å². The van der Waals surface area contributed by atoms with Crippen molar-refractivity contribution in [1.29, 1.82) is 0 Å². The van der Waals surface area contributed by atoms with Crippen molar-refractivity contribution in [1.82, 2.24) is 4.31 Å². The Morgan fingerprint density at radius 3 is 2.52 bits per heavy atom. The lowest BCUT2D eigenvalue weighted by atomic mass is 10.2. The number of benzene rings is 2. The molecule has 8 nitrogen and oxygen atoms in total. The van der Waals surface area contributed by atoms with Crippen LogP contribution in [0.5, 0.6) is 17.2 Å². The van der Waals surface area contributed by atoms with Crippen molar-refractivity contribution < 1.29 is 40.6 Å². The first-order valence-corrected chi connectivity index (χ1v) is 11.6. The summed E-state index contributed by atoms with van der Waals surface area (Å²) in [5, 5.41) is 2.43. The number of anilines is 1. The summed E-state index contributed by atoms with van der Waals surface area (Å²) < 4.78 is 81.1. The number of fused-ring (bicyclic) bond motifs is 1. The van der Waals surface area contributed by atoms with Gasteiger partial charge in [0, 0.05) is 13.1 Å². The molecule has 0 aliphatic carbocycles. The van der Waals surface area contributed by atoms with Crippen LogP contribution in [0.4, 0.5) is 18.9 Å². The molecule has 0 spiro atoms. The van der Waals surface area contributed by atoms with Gasteiger partial charge in [0.15, 0.2) is 18.1 Å². The molecule has 1 amide bonds. The fourth-order valence-electron chi connectivity index (χ4n) is 3.49. The normalized spacial score (nSPS) is 18.7. The van der Waals surface area contributed by atoms with E-state index in [1.165, 1.54) is 4.31 Å². The van der Waals surface area contributed by atoms with E-state index in [1.807, 2.05) is 0 Å². The third kappa shape index (κ3) is 5.33. The van der Waals surface area contributed by atoms with E-state index in [1.54, 1.807) is 24.3 Å². The number of nitrogens with zero attached hydrogens (tertiary/aromatic N) is 1. The molecule has 2 heterocycles. The van der Waals surface area contributed by atoms with Crippen LogP contribution in [-0.2, 0) is 14.8 Å². The maximum absolute atomic E-state index is 12.9. The van der Waals surface area contributed by atoms with Gasteiger partial charge in [0.05, 0.1) is 10.6 Å². The van der Waals surface area contributed by atoms with Crippen LogP contribution >= 0.6 is 0 Å². The molecule has 2 aliphatic rings. The number of rotatable bonds is 6. The zero-order valence-corrected chi connectivity index (χ0v) is 18.1. The molecule has 2 aromatic carbocycles. The molecule has 1 N–H and O–H groups in total. The number of amides is 1. The van der Waals surface area contributed by atoms with E-state index >= 15 is 0 Å².